The van der Waals surface area contributed by atoms with Crippen molar-refractivity contribution in [2.24, 2.45) is 5.41 Å². The molecule has 0 bridgehead atoms. The second-order valence-electron chi connectivity index (χ2n) is 12.2. The summed E-state index contributed by atoms with van der Waals surface area (Å²) in [6.07, 6.45) is 2.29. The quantitative estimate of drug-likeness (QED) is 0.331. The summed E-state index contributed by atoms with van der Waals surface area (Å²) >= 11 is 0. The van der Waals surface area contributed by atoms with Crippen LogP contribution in [0.2, 0.25) is 0 Å². The van der Waals surface area contributed by atoms with E-state index >= 15 is 0 Å². The zero-order chi connectivity index (χ0) is 28.6. The monoisotopic (exact) mass is 539 g/mol. The van der Waals surface area contributed by atoms with Crippen LogP contribution in [0, 0.1) is 24.0 Å². The number of β-amino-alcohol motifs (C(OH)–C–C–N with tert-alkyl or cyclic N) is 1. The van der Waals surface area contributed by atoms with Gasteiger partial charge >= 0.3 is 0 Å². The van der Waals surface area contributed by atoms with Gasteiger partial charge in [0.25, 0.3) is 0 Å². The minimum Gasteiger partial charge on any atom is -0.389 e. The highest BCUT2D eigenvalue weighted by atomic mass is 19.1. The van der Waals surface area contributed by atoms with Gasteiger partial charge in [0.1, 0.15) is 23.1 Å². The Hall–Kier alpha value is -3.30. The predicted octanol–water partition coefficient (Wildman–Crippen LogP) is 5.30. The van der Waals surface area contributed by atoms with Crippen LogP contribution in [-0.4, -0.2) is 56.9 Å². The van der Waals surface area contributed by atoms with Crippen molar-refractivity contribution in [3.05, 3.63) is 71.2 Å². The first kappa shape index (κ1) is 28.7. The van der Waals surface area contributed by atoms with Crippen LogP contribution < -0.4 is 0 Å². The van der Waals surface area contributed by atoms with E-state index < -0.39 is 28.1 Å². The minimum atomic E-state index is -0.915. The van der Waals surface area contributed by atoms with E-state index in [0.29, 0.717) is 26.1 Å². The Balaban J connectivity index is 1.50. The number of halogens is 2. The molecular formula is C30H35F2N3O4. The molecule has 0 aliphatic carbocycles. The van der Waals surface area contributed by atoms with Crippen molar-refractivity contribution in [2.75, 3.05) is 19.6 Å². The summed E-state index contributed by atoms with van der Waals surface area (Å²) in [5.41, 5.74) is -0.0219. The molecule has 208 valence electrons. The maximum atomic E-state index is 14.2. The topological polar surface area (TPSA) is 96.5 Å². The smallest absolute Gasteiger partial charge is 0.185 e. The number of benzene rings is 1. The lowest BCUT2D eigenvalue weighted by molar-refractivity contribution is -0.127. The van der Waals surface area contributed by atoms with Gasteiger partial charge in [-0.15, -0.1) is 0 Å². The third kappa shape index (κ3) is 7.02. The van der Waals surface area contributed by atoms with Gasteiger partial charge < -0.3 is 9.63 Å². The van der Waals surface area contributed by atoms with Crippen molar-refractivity contribution < 1.29 is 28.0 Å². The lowest BCUT2D eigenvalue weighted by atomic mass is 9.69. The Morgan fingerprint density at radius 3 is 2.44 bits per heavy atom. The summed E-state index contributed by atoms with van der Waals surface area (Å²) in [4.78, 5) is 33.0. The average Bonchev–Trinajstić information content (AvgIpc) is 3.26. The van der Waals surface area contributed by atoms with Gasteiger partial charge in [-0.2, -0.15) is 0 Å². The van der Waals surface area contributed by atoms with Gasteiger partial charge in [-0.3, -0.25) is 19.5 Å². The van der Waals surface area contributed by atoms with Crippen LogP contribution in [0.15, 0.2) is 47.1 Å². The Morgan fingerprint density at radius 1 is 1.08 bits per heavy atom. The fourth-order valence-electron chi connectivity index (χ4n) is 5.54. The van der Waals surface area contributed by atoms with E-state index in [1.807, 2.05) is 37.8 Å². The molecule has 4 rings (SSSR count). The molecule has 1 fully saturated rings. The Labute approximate surface area is 227 Å². The maximum absolute atomic E-state index is 14.2. The van der Waals surface area contributed by atoms with Crippen molar-refractivity contribution in [2.45, 2.75) is 64.9 Å². The minimum absolute atomic E-state index is 0.00131. The van der Waals surface area contributed by atoms with E-state index in [1.54, 1.807) is 20.0 Å². The first-order valence-corrected chi connectivity index (χ1v) is 13.0. The summed E-state index contributed by atoms with van der Waals surface area (Å²) in [5, 5.41) is 14.1. The normalized spacial score (nSPS) is 15.7. The number of pyridine rings is 1. The second-order valence-corrected chi connectivity index (χ2v) is 12.2. The van der Waals surface area contributed by atoms with E-state index in [2.05, 4.69) is 10.1 Å². The van der Waals surface area contributed by atoms with E-state index in [4.69, 9.17) is 4.52 Å². The van der Waals surface area contributed by atoms with E-state index in [9.17, 15) is 23.5 Å². The molecule has 0 unspecified atom stereocenters. The van der Waals surface area contributed by atoms with Gasteiger partial charge in [-0.1, -0.05) is 19.0 Å². The number of carbonyl (C=O) groups excluding carboxylic acids is 2. The molecule has 1 aliphatic rings. The van der Waals surface area contributed by atoms with Gasteiger partial charge in [0.2, 0.25) is 0 Å². The molecule has 0 amide bonds. The Kier molecular flexibility index (Phi) is 7.87. The highest BCUT2D eigenvalue weighted by molar-refractivity contribution is 5.96. The van der Waals surface area contributed by atoms with Crippen LogP contribution in [0.3, 0.4) is 0 Å². The van der Waals surface area contributed by atoms with Crippen LogP contribution >= 0.6 is 0 Å². The summed E-state index contributed by atoms with van der Waals surface area (Å²) < 4.78 is 32.7. The third-order valence-electron chi connectivity index (χ3n) is 7.15. The second kappa shape index (κ2) is 10.7. The molecule has 9 heteroatoms. The largest absolute Gasteiger partial charge is 0.389 e. The third-order valence-corrected chi connectivity index (χ3v) is 7.15. The summed E-state index contributed by atoms with van der Waals surface area (Å²) in [5.74, 6) is -1.80. The standard InChI is InChI=1S/C30H35F2N3O4/c1-19-10-20(8-9-33-19)28(2,3)13-22(36)14-30(17-35(18-30)16-29(4,5)38)15-26(37)25-12-27(39-34-25)23-7-6-21(31)11-24(23)32/h6-12,38H,13-18H2,1-5H3. The van der Waals surface area contributed by atoms with Crippen LogP contribution in [0.1, 0.15) is 68.7 Å². The lowest BCUT2D eigenvalue weighted by Gasteiger charge is -2.51. The van der Waals surface area contributed by atoms with Crippen LogP contribution in [-0.2, 0) is 10.2 Å². The van der Waals surface area contributed by atoms with Gasteiger partial charge in [0, 0.05) is 68.3 Å². The van der Waals surface area contributed by atoms with Crippen LogP contribution in [0.5, 0.6) is 0 Å². The van der Waals surface area contributed by atoms with Crippen LogP contribution in [0.4, 0.5) is 8.78 Å². The molecule has 1 saturated heterocycles. The van der Waals surface area contributed by atoms with Crippen molar-refractivity contribution in [1.29, 1.82) is 0 Å². The van der Waals surface area contributed by atoms with Crippen molar-refractivity contribution >= 4 is 11.6 Å². The molecule has 1 aliphatic heterocycles. The zero-order valence-corrected chi connectivity index (χ0v) is 23.1. The van der Waals surface area contributed by atoms with Gasteiger partial charge in [0.15, 0.2) is 11.5 Å². The van der Waals surface area contributed by atoms with E-state index in [1.165, 1.54) is 12.1 Å². The molecule has 0 spiro atoms. The molecule has 39 heavy (non-hydrogen) atoms. The number of rotatable bonds is 11. The molecule has 1 aromatic carbocycles. The molecular weight excluding hydrogens is 504 g/mol. The molecule has 3 heterocycles. The summed E-state index contributed by atoms with van der Waals surface area (Å²) in [7, 11) is 0. The Bertz CT molecular complexity index is 1370. The van der Waals surface area contributed by atoms with Crippen molar-refractivity contribution in [1.82, 2.24) is 15.0 Å². The fraction of sp³-hybridized carbons (Fsp3) is 0.467. The van der Waals surface area contributed by atoms with Crippen molar-refractivity contribution in [3.8, 4) is 11.3 Å². The molecule has 1 N–H and O–H groups in total. The van der Waals surface area contributed by atoms with Crippen LogP contribution in [0.25, 0.3) is 11.3 Å². The molecule has 7 nitrogen and oxygen atoms in total. The van der Waals surface area contributed by atoms with Gasteiger partial charge in [0.05, 0.1) is 11.2 Å². The van der Waals surface area contributed by atoms with Crippen molar-refractivity contribution in [3.63, 3.8) is 0 Å². The molecule has 3 aromatic rings. The fourth-order valence-corrected chi connectivity index (χ4v) is 5.54. The van der Waals surface area contributed by atoms with E-state index in [0.717, 1.165) is 23.4 Å². The van der Waals surface area contributed by atoms with Gasteiger partial charge in [-0.05, 0) is 56.0 Å². The average molecular weight is 540 g/mol. The Morgan fingerprint density at radius 2 is 1.79 bits per heavy atom. The summed E-state index contributed by atoms with van der Waals surface area (Å²) in [6.45, 7) is 10.7. The molecule has 2 aromatic heterocycles. The number of Topliss-reactive ketones (excluding diaryl/α,β-unsaturated/α-hetero) is 2. The summed E-state index contributed by atoms with van der Waals surface area (Å²) in [6, 6.07) is 8.30. The number of ketones is 2. The predicted molar refractivity (Wildman–Crippen MR) is 142 cm³/mol. The highest BCUT2D eigenvalue weighted by Crippen LogP contribution is 2.41. The van der Waals surface area contributed by atoms with E-state index in [-0.39, 0.29) is 41.4 Å². The number of hydrogen-bond donors (Lipinski definition) is 1. The SMILES string of the molecule is Cc1cc(C(C)(C)CC(=O)CC2(CC(=O)c3cc(-c4ccc(F)cc4F)on3)CN(CC(C)(C)O)C2)ccn1. The highest BCUT2D eigenvalue weighted by Gasteiger charge is 2.47. The number of aromatic nitrogens is 2. The molecule has 0 saturated carbocycles. The number of nitrogens with zero attached hydrogens (tertiary/aromatic N) is 3. The number of likely N-dealkylation sites (tertiary alicyclic amines) is 1. The molecule has 0 radical (unpaired) electrons. The number of hydrogen-bond acceptors (Lipinski definition) is 7. The first-order valence-electron chi connectivity index (χ1n) is 13.0. The zero-order valence-electron chi connectivity index (χ0n) is 23.1. The maximum Gasteiger partial charge on any atom is 0.185 e. The number of aliphatic hydroxyl groups is 1. The number of aryl methyl sites for hydroxylation is 1. The number of carbonyl (C=O) groups is 2. The van der Waals surface area contributed by atoms with Gasteiger partial charge in [-0.25, -0.2) is 8.78 Å². The molecule has 0 atom stereocenters. The lowest BCUT2D eigenvalue weighted by Crippen LogP contribution is -2.60. The first-order chi connectivity index (χ1) is 18.1.